The van der Waals surface area contributed by atoms with E-state index in [1.54, 1.807) is 13.8 Å². The molecule has 3 amide bonds. The Morgan fingerprint density at radius 2 is 1.24 bits per heavy atom. The predicted molar refractivity (Wildman–Crippen MR) is 175 cm³/mol. The molecule has 0 aliphatic heterocycles. The Kier molecular flexibility index (Phi) is 20.4. The van der Waals surface area contributed by atoms with Crippen LogP contribution in [0.3, 0.4) is 0 Å². The highest BCUT2D eigenvalue weighted by molar-refractivity contribution is 5.93. The van der Waals surface area contributed by atoms with E-state index in [-0.39, 0.29) is 31.1 Å². The van der Waals surface area contributed by atoms with Gasteiger partial charge in [-0.15, -0.1) is 0 Å². The minimum atomic E-state index is -1.52. The van der Waals surface area contributed by atoms with Crippen molar-refractivity contribution in [3.05, 3.63) is 34.9 Å². The highest BCUT2D eigenvalue weighted by Gasteiger charge is 2.31. The molecule has 256 valence electrons. The lowest BCUT2D eigenvalue weighted by atomic mass is 9.96. The first-order chi connectivity index (χ1) is 21.0. The van der Waals surface area contributed by atoms with Crippen molar-refractivity contribution >= 4 is 29.7 Å². The van der Waals surface area contributed by atoms with Gasteiger partial charge in [0.2, 0.25) is 17.7 Å². The van der Waals surface area contributed by atoms with Crippen molar-refractivity contribution in [2.75, 3.05) is 6.61 Å². The Morgan fingerprint density at radius 3 is 1.73 bits per heavy atom. The minimum Gasteiger partial charge on any atom is -0.481 e. The molecule has 0 aliphatic carbocycles. The number of aliphatic hydroxyl groups excluding tert-OH is 1. The molecule has 0 rings (SSSR count). The van der Waals surface area contributed by atoms with Crippen molar-refractivity contribution in [3.8, 4) is 0 Å². The van der Waals surface area contributed by atoms with Crippen LogP contribution in [-0.2, 0) is 24.0 Å². The van der Waals surface area contributed by atoms with Gasteiger partial charge in [-0.1, -0.05) is 62.6 Å². The largest absolute Gasteiger partial charge is 0.481 e. The third kappa shape index (κ3) is 18.8. The molecule has 1 unspecified atom stereocenters. The van der Waals surface area contributed by atoms with E-state index in [0.29, 0.717) is 6.42 Å². The molecule has 0 saturated heterocycles. The van der Waals surface area contributed by atoms with Crippen LogP contribution in [0.2, 0.25) is 0 Å². The number of carboxylic acid groups (broad SMARTS) is 2. The first-order valence-electron chi connectivity index (χ1n) is 15.9. The molecule has 0 radical (unpaired) electrons. The molecule has 0 bridgehead atoms. The van der Waals surface area contributed by atoms with E-state index >= 15 is 0 Å². The molecule has 0 aromatic heterocycles. The van der Waals surface area contributed by atoms with Crippen LogP contribution in [0.15, 0.2) is 34.9 Å². The SMILES string of the molecule is CC(C)=CCC/C(C)=C/CC/C(C)=C/CC(CCC(=O)N[C@H](C(=O)N[C@@H](CC(C)C)C(=O)N[C@@H](CO)C(=O)O)C(C)C)C(=O)O. The molecule has 4 atom stereocenters. The van der Waals surface area contributed by atoms with Gasteiger partial charge < -0.3 is 31.3 Å². The van der Waals surface area contributed by atoms with E-state index in [1.807, 2.05) is 26.8 Å². The zero-order valence-electron chi connectivity index (χ0n) is 28.4. The van der Waals surface area contributed by atoms with Crippen molar-refractivity contribution in [2.24, 2.45) is 17.8 Å². The van der Waals surface area contributed by atoms with Crippen LogP contribution in [0.25, 0.3) is 0 Å². The predicted octanol–water partition coefficient (Wildman–Crippen LogP) is 4.51. The average Bonchev–Trinajstić information content (AvgIpc) is 2.92. The molecule has 0 fully saturated rings. The fourth-order valence-corrected chi connectivity index (χ4v) is 4.53. The molecule has 11 nitrogen and oxygen atoms in total. The third-order valence-electron chi connectivity index (χ3n) is 7.35. The quantitative estimate of drug-likeness (QED) is 0.0940. The zero-order valence-corrected chi connectivity index (χ0v) is 28.4. The van der Waals surface area contributed by atoms with E-state index in [0.717, 1.165) is 31.3 Å². The molecule has 0 saturated carbocycles. The number of carbonyl (C=O) groups is 5. The molecule has 0 spiro atoms. The summed E-state index contributed by atoms with van der Waals surface area (Å²) in [6, 6.07) is -3.61. The maximum Gasteiger partial charge on any atom is 0.328 e. The number of aliphatic carboxylic acids is 2. The average molecular weight is 636 g/mol. The molecule has 6 N–H and O–H groups in total. The summed E-state index contributed by atoms with van der Waals surface area (Å²) in [6.45, 7) is 14.6. The summed E-state index contributed by atoms with van der Waals surface area (Å²) in [7, 11) is 0. The van der Waals surface area contributed by atoms with Gasteiger partial charge in [-0.2, -0.15) is 0 Å². The van der Waals surface area contributed by atoms with E-state index in [9.17, 15) is 34.2 Å². The van der Waals surface area contributed by atoms with Crippen LogP contribution < -0.4 is 16.0 Å². The number of amides is 3. The number of rotatable bonds is 22. The van der Waals surface area contributed by atoms with Crippen molar-refractivity contribution in [1.29, 1.82) is 0 Å². The number of carbonyl (C=O) groups excluding carboxylic acids is 3. The van der Waals surface area contributed by atoms with Gasteiger partial charge >= 0.3 is 11.9 Å². The van der Waals surface area contributed by atoms with E-state index in [1.165, 1.54) is 11.1 Å². The Hall–Kier alpha value is -3.47. The number of aliphatic hydroxyl groups is 1. The topological polar surface area (TPSA) is 182 Å². The van der Waals surface area contributed by atoms with Gasteiger partial charge in [-0.05, 0) is 84.5 Å². The molecule has 45 heavy (non-hydrogen) atoms. The van der Waals surface area contributed by atoms with Gasteiger partial charge in [-0.25, -0.2) is 4.79 Å². The highest BCUT2D eigenvalue weighted by Crippen LogP contribution is 2.17. The van der Waals surface area contributed by atoms with Crippen molar-refractivity contribution in [3.63, 3.8) is 0 Å². The van der Waals surface area contributed by atoms with E-state index < -0.39 is 60.3 Å². The lowest BCUT2D eigenvalue weighted by Crippen LogP contribution is -2.57. The van der Waals surface area contributed by atoms with Gasteiger partial charge in [0.1, 0.15) is 18.1 Å². The van der Waals surface area contributed by atoms with Crippen LogP contribution in [-0.4, -0.2) is 69.7 Å². The van der Waals surface area contributed by atoms with E-state index in [2.05, 4.69) is 48.9 Å². The first kappa shape index (κ1) is 41.5. The van der Waals surface area contributed by atoms with Crippen LogP contribution >= 0.6 is 0 Å². The summed E-state index contributed by atoms with van der Waals surface area (Å²) in [6.07, 6.45) is 10.6. The van der Waals surface area contributed by atoms with Crippen LogP contribution in [0.1, 0.15) is 107 Å². The molecule has 0 aromatic carbocycles. The highest BCUT2D eigenvalue weighted by atomic mass is 16.4. The summed E-state index contributed by atoms with van der Waals surface area (Å²) < 4.78 is 0. The van der Waals surface area contributed by atoms with Gasteiger partial charge in [0, 0.05) is 6.42 Å². The lowest BCUT2D eigenvalue weighted by Gasteiger charge is -2.27. The monoisotopic (exact) mass is 635 g/mol. The summed E-state index contributed by atoms with van der Waals surface area (Å²) in [5, 5.41) is 35.6. The minimum absolute atomic E-state index is 0.0330. The van der Waals surface area contributed by atoms with Crippen molar-refractivity contribution < 1.29 is 39.3 Å². The second-order valence-corrected chi connectivity index (χ2v) is 12.8. The van der Waals surface area contributed by atoms with Crippen LogP contribution in [0.4, 0.5) is 0 Å². The van der Waals surface area contributed by atoms with Crippen molar-refractivity contribution in [1.82, 2.24) is 16.0 Å². The second-order valence-electron chi connectivity index (χ2n) is 12.8. The number of hydrogen-bond acceptors (Lipinski definition) is 6. The summed E-state index contributed by atoms with van der Waals surface area (Å²) >= 11 is 0. The molecule has 0 aliphatic rings. The third-order valence-corrected chi connectivity index (χ3v) is 7.35. The van der Waals surface area contributed by atoms with Crippen LogP contribution in [0, 0.1) is 17.8 Å². The van der Waals surface area contributed by atoms with Crippen molar-refractivity contribution in [2.45, 2.75) is 125 Å². The molecule has 0 aromatic rings. The molecular weight excluding hydrogens is 578 g/mol. The van der Waals surface area contributed by atoms with Crippen LogP contribution in [0.5, 0.6) is 0 Å². The Balaban J connectivity index is 5.19. The van der Waals surface area contributed by atoms with E-state index in [4.69, 9.17) is 5.11 Å². The van der Waals surface area contributed by atoms with Gasteiger partial charge in [0.05, 0.1) is 12.5 Å². The molecule has 0 heterocycles. The van der Waals surface area contributed by atoms with Gasteiger partial charge in [0.25, 0.3) is 0 Å². The lowest BCUT2D eigenvalue weighted by molar-refractivity contribution is -0.144. The molecule has 11 heteroatoms. The fourth-order valence-electron chi connectivity index (χ4n) is 4.53. The molecular formula is C34H57N3O8. The standard InChI is InChI=1S/C34H57N3O8/c1-21(2)11-9-12-24(7)13-10-14-25(8)15-16-26(33(42)43)17-18-29(39)37-30(23(5)6)32(41)35-27(19-22(3)4)31(40)36-28(20-38)34(44)45/h11,13,15,22-23,26-28,30,38H,9-10,12,14,16-20H2,1-8H3,(H,35,41)(H,36,40)(H,37,39)(H,42,43)(H,44,45)/b24-13+,25-15+/t26?,27-,28-,30-/m0/s1. The Labute approximate surface area is 269 Å². The number of nitrogens with one attached hydrogen (secondary N) is 3. The Morgan fingerprint density at radius 1 is 0.689 bits per heavy atom. The Bertz CT molecular complexity index is 1070. The normalized spacial score (nSPS) is 14.7. The zero-order chi connectivity index (χ0) is 34.7. The maximum atomic E-state index is 13.2. The number of allylic oxidation sites excluding steroid dienone is 6. The summed E-state index contributed by atoms with van der Waals surface area (Å²) in [5.41, 5.74) is 3.72. The fraction of sp³-hybridized carbons (Fsp3) is 0.676. The maximum absolute atomic E-state index is 13.2. The number of carboxylic acids is 2. The number of hydrogen-bond donors (Lipinski definition) is 6. The second kappa shape index (κ2) is 22.1. The summed E-state index contributed by atoms with van der Waals surface area (Å²) in [4.78, 5) is 61.9. The van der Waals surface area contributed by atoms with Gasteiger partial charge in [-0.3, -0.25) is 19.2 Å². The summed E-state index contributed by atoms with van der Waals surface area (Å²) in [5.74, 6) is -5.42. The smallest absolute Gasteiger partial charge is 0.328 e. The van der Waals surface area contributed by atoms with Gasteiger partial charge in [0.15, 0.2) is 0 Å². The first-order valence-corrected chi connectivity index (χ1v) is 15.9.